The number of rotatable bonds is 7. The molecule has 8 heteroatoms. The third-order valence-corrected chi connectivity index (χ3v) is 5.18. The van der Waals surface area contributed by atoms with E-state index in [-0.39, 0.29) is 18.8 Å². The normalized spacial score (nSPS) is 11.1. The number of amides is 2. The minimum Gasteiger partial charge on any atom is -0.488 e. The SMILES string of the molecule is O=C(NCc1cccnc1)Nc1ccc(COc2ccccc2-c2ccccc2)cc1C(F)(F)F. The van der Waals surface area contributed by atoms with Crippen molar-refractivity contribution in [1.82, 2.24) is 10.3 Å². The molecule has 2 amide bonds. The van der Waals surface area contributed by atoms with Crippen LogP contribution in [0.5, 0.6) is 5.75 Å². The third kappa shape index (κ3) is 6.38. The van der Waals surface area contributed by atoms with Gasteiger partial charge in [0.05, 0.1) is 11.3 Å². The van der Waals surface area contributed by atoms with Crippen LogP contribution in [0.1, 0.15) is 16.7 Å². The van der Waals surface area contributed by atoms with Crippen LogP contribution >= 0.6 is 0 Å². The number of aromatic nitrogens is 1. The Bertz CT molecular complexity index is 1280. The second kappa shape index (κ2) is 10.7. The molecule has 35 heavy (non-hydrogen) atoms. The van der Waals surface area contributed by atoms with E-state index in [1.807, 2.05) is 42.5 Å². The molecule has 0 atom stereocenters. The number of nitrogens with one attached hydrogen (secondary N) is 2. The number of carbonyl (C=O) groups is 1. The maximum Gasteiger partial charge on any atom is 0.418 e. The Morgan fingerprint density at radius 1 is 0.886 bits per heavy atom. The van der Waals surface area contributed by atoms with Crippen molar-refractivity contribution >= 4 is 11.7 Å². The molecule has 0 saturated heterocycles. The van der Waals surface area contributed by atoms with E-state index >= 15 is 0 Å². The standard InChI is InChI=1S/C27H22F3N3O2/c28-27(29,30)23-15-19(12-13-24(23)33-26(34)32-17-20-7-6-14-31-16-20)18-35-25-11-5-4-10-22(25)21-8-2-1-3-9-21/h1-16H,17-18H2,(H2,32,33,34). The molecule has 3 aromatic carbocycles. The molecule has 2 N–H and O–H groups in total. The second-order valence-electron chi connectivity index (χ2n) is 7.70. The van der Waals surface area contributed by atoms with E-state index in [1.54, 1.807) is 36.7 Å². The summed E-state index contributed by atoms with van der Waals surface area (Å²) >= 11 is 0. The maximum absolute atomic E-state index is 13.8. The van der Waals surface area contributed by atoms with Crippen molar-refractivity contribution in [2.45, 2.75) is 19.3 Å². The Hall–Kier alpha value is -4.33. The number of pyridine rings is 1. The summed E-state index contributed by atoms with van der Waals surface area (Å²) in [4.78, 5) is 16.1. The number of hydrogen-bond acceptors (Lipinski definition) is 3. The number of urea groups is 1. The monoisotopic (exact) mass is 477 g/mol. The second-order valence-corrected chi connectivity index (χ2v) is 7.70. The molecular formula is C27H22F3N3O2. The fraction of sp³-hybridized carbons (Fsp3) is 0.111. The quantitative estimate of drug-likeness (QED) is 0.313. The van der Waals surface area contributed by atoms with E-state index in [0.29, 0.717) is 11.3 Å². The molecule has 4 aromatic rings. The van der Waals surface area contributed by atoms with Crippen molar-refractivity contribution in [2.75, 3.05) is 5.32 Å². The van der Waals surface area contributed by atoms with Crippen molar-refractivity contribution in [3.8, 4) is 16.9 Å². The van der Waals surface area contributed by atoms with Gasteiger partial charge < -0.3 is 15.4 Å². The van der Waals surface area contributed by atoms with Crippen LogP contribution in [-0.2, 0) is 19.3 Å². The highest BCUT2D eigenvalue weighted by molar-refractivity contribution is 5.90. The van der Waals surface area contributed by atoms with E-state index in [2.05, 4.69) is 15.6 Å². The zero-order valence-corrected chi connectivity index (χ0v) is 18.5. The van der Waals surface area contributed by atoms with Crippen LogP contribution in [0.2, 0.25) is 0 Å². The molecule has 0 aliphatic rings. The summed E-state index contributed by atoms with van der Waals surface area (Å²) in [5.74, 6) is 0.559. The van der Waals surface area contributed by atoms with Crippen molar-refractivity contribution in [3.05, 3.63) is 114 Å². The summed E-state index contributed by atoms with van der Waals surface area (Å²) in [6.07, 6.45) is -1.51. The minimum atomic E-state index is -4.66. The van der Waals surface area contributed by atoms with E-state index < -0.39 is 17.8 Å². The van der Waals surface area contributed by atoms with Gasteiger partial charge in [-0.15, -0.1) is 0 Å². The lowest BCUT2D eigenvalue weighted by atomic mass is 10.0. The number of benzene rings is 3. The molecule has 0 radical (unpaired) electrons. The molecule has 178 valence electrons. The first-order chi connectivity index (χ1) is 16.9. The Kier molecular flexibility index (Phi) is 7.30. The predicted octanol–water partition coefficient (Wildman–Crippen LogP) is 6.67. The van der Waals surface area contributed by atoms with Crippen LogP contribution in [-0.4, -0.2) is 11.0 Å². The summed E-state index contributed by atoms with van der Waals surface area (Å²) < 4.78 is 47.2. The Balaban J connectivity index is 1.47. The Morgan fingerprint density at radius 2 is 1.66 bits per heavy atom. The Morgan fingerprint density at radius 3 is 2.40 bits per heavy atom. The van der Waals surface area contributed by atoms with Crippen LogP contribution in [0.3, 0.4) is 0 Å². The molecule has 4 rings (SSSR count). The first-order valence-corrected chi connectivity index (χ1v) is 10.8. The molecule has 5 nitrogen and oxygen atoms in total. The Labute approximate surface area is 200 Å². The lowest BCUT2D eigenvalue weighted by Gasteiger charge is -2.17. The number of anilines is 1. The number of ether oxygens (including phenoxy) is 1. The van der Waals surface area contributed by atoms with Gasteiger partial charge >= 0.3 is 12.2 Å². The summed E-state index contributed by atoms with van der Waals surface area (Å²) in [6.45, 7) is 0.0637. The number of hydrogen-bond donors (Lipinski definition) is 2. The summed E-state index contributed by atoms with van der Waals surface area (Å²) in [7, 11) is 0. The molecule has 0 aliphatic carbocycles. The molecule has 0 unspecified atom stereocenters. The van der Waals surface area contributed by atoms with E-state index in [9.17, 15) is 18.0 Å². The highest BCUT2D eigenvalue weighted by Gasteiger charge is 2.34. The van der Waals surface area contributed by atoms with Gasteiger partial charge in [-0.2, -0.15) is 13.2 Å². The number of carbonyl (C=O) groups excluding carboxylic acids is 1. The fourth-order valence-electron chi connectivity index (χ4n) is 3.49. The molecule has 0 spiro atoms. The van der Waals surface area contributed by atoms with Gasteiger partial charge in [0.2, 0.25) is 0 Å². The van der Waals surface area contributed by atoms with Crippen LogP contribution in [0, 0.1) is 0 Å². The van der Waals surface area contributed by atoms with Gasteiger partial charge in [0, 0.05) is 24.5 Å². The van der Waals surface area contributed by atoms with Crippen LogP contribution in [0.4, 0.5) is 23.7 Å². The van der Waals surface area contributed by atoms with Crippen molar-refractivity contribution < 1.29 is 22.7 Å². The van der Waals surface area contributed by atoms with Crippen molar-refractivity contribution in [3.63, 3.8) is 0 Å². The van der Waals surface area contributed by atoms with Crippen LogP contribution in [0.15, 0.2) is 97.3 Å². The number of para-hydroxylation sites is 1. The van der Waals surface area contributed by atoms with E-state index in [1.165, 1.54) is 12.1 Å². The third-order valence-electron chi connectivity index (χ3n) is 5.18. The smallest absolute Gasteiger partial charge is 0.418 e. The predicted molar refractivity (Wildman–Crippen MR) is 128 cm³/mol. The lowest BCUT2D eigenvalue weighted by Crippen LogP contribution is -2.29. The van der Waals surface area contributed by atoms with E-state index in [0.717, 1.165) is 22.8 Å². The van der Waals surface area contributed by atoms with Gasteiger partial charge in [-0.05, 0) is 41.0 Å². The lowest BCUT2D eigenvalue weighted by molar-refractivity contribution is -0.137. The largest absolute Gasteiger partial charge is 0.488 e. The van der Waals surface area contributed by atoms with Gasteiger partial charge in [-0.25, -0.2) is 4.79 Å². The molecule has 1 aromatic heterocycles. The van der Waals surface area contributed by atoms with Crippen molar-refractivity contribution in [2.24, 2.45) is 0 Å². The average molecular weight is 477 g/mol. The molecule has 0 aliphatic heterocycles. The number of halogens is 3. The molecule has 0 fully saturated rings. The van der Waals surface area contributed by atoms with Gasteiger partial charge in [0.1, 0.15) is 12.4 Å². The molecular weight excluding hydrogens is 455 g/mol. The first kappa shape index (κ1) is 23.8. The highest BCUT2D eigenvalue weighted by atomic mass is 19.4. The minimum absolute atomic E-state index is 0.0690. The summed E-state index contributed by atoms with van der Waals surface area (Å²) in [6, 6.07) is 23.3. The van der Waals surface area contributed by atoms with E-state index in [4.69, 9.17) is 4.74 Å². The number of nitrogens with zero attached hydrogens (tertiary/aromatic N) is 1. The summed E-state index contributed by atoms with van der Waals surface area (Å²) in [5.41, 5.74) is 1.54. The number of alkyl halides is 3. The van der Waals surface area contributed by atoms with Crippen LogP contribution in [0.25, 0.3) is 11.1 Å². The van der Waals surface area contributed by atoms with Gasteiger partial charge in [-0.3, -0.25) is 4.98 Å². The zero-order valence-electron chi connectivity index (χ0n) is 18.5. The van der Waals surface area contributed by atoms with Gasteiger partial charge in [0.15, 0.2) is 0 Å². The first-order valence-electron chi connectivity index (χ1n) is 10.8. The molecule has 0 saturated carbocycles. The average Bonchev–Trinajstić information content (AvgIpc) is 2.87. The van der Waals surface area contributed by atoms with Crippen molar-refractivity contribution in [1.29, 1.82) is 0 Å². The topological polar surface area (TPSA) is 63.2 Å². The summed E-state index contributed by atoms with van der Waals surface area (Å²) in [5, 5.41) is 4.81. The zero-order chi connectivity index (χ0) is 24.7. The fourth-order valence-corrected chi connectivity index (χ4v) is 3.49. The molecule has 1 heterocycles. The maximum atomic E-state index is 13.8. The highest BCUT2D eigenvalue weighted by Crippen LogP contribution is 2.36. The molecule has 0 bridgehead atoms. The van der Waals surface area contributed by atoms with Crippen LogP contribution < -0.4 is 15.4 Å². The van der Waals surface area contributed by atoms with Gasteiger partial charge in [-0.1, -0.05) is 60.7 Å². The van der Waals surface area contributed by atoms with Gasteiger partial charge in [0.25, 0.3) is 0 Å².